The molecule has 1 rings (SSSR count). The second-order valence-electron chi connectivity index (χ2n) is 3.86. The van der Waals surface area contributed by atoms with Gasteiger partial charge in [0.1, 0.15) is 0 Å². The zero-order valence-electron chi connectivity index (χ0n) is 9.86. The maximum Gasteiger partial charge on any atom is 0.0788 e. The van der Waals surface area contributed by atoms with Crippen LogP contribution in [0.1, 0.15) is 37.3 Å². The summed E-state index contributed by atoms with van der Waals surface area (Å²) < 4.78 is 4.86. The highest BCUT2D eigenvalue weighted by Gasteiger charge is 2.01. The van der Waals surface area contributed by atoms with Crippen molar-refractivity contribution in [3.05, 3.63) is 47.7 Å². The number of allylic oxidation sites excluding steroid dienone is 1. The molecule has 0 aliphatic rings. The van der Waals surface area contributed by atoms with Gasteiger partial charge in [-0.25, -0.2) is 0 Å². The Labute approximate surface area is 92.8 Å². The topological polar surface area (TPSA) is 9.23 Å². The molecule has 1 atom stereocenters. The summed E-state index contributed by atoms with van der Waals surface area (Å²) in [6.45, 7) is 4.49. The van der Waals surface area contributed by atoms with Crippen LogP contribution in [-0.2, 0) is 11.2 Å². The average molecular weight is 204 g/mol. The van der Waals surface area contributed by atoms with Crippen molar-refractivity contribution in [1.29, 1.82) is 0 Å². The Kier molecular flexibility index (Phi) is 4.96. The minimum Gasteiger partial charge on any atom is -0.505 e. The number of hydrogen-bond donors (Lipinski definition) is 0. The highest BCUT2D eigenvalue weighted by atomic mass is 16.5. The van der Waals surface area contributed by atoms with Gasteiger partial charge in [0, 0.05) is 0 Å². The van der Waals surface area contributed by atoms with Gasteiger partial charge in [-0.3, -0.25) is 0 Å². The van der Waals surface area contributed by atoms with Crippen LogP contribution >= 0.6 is 0 Å². The summed E-state index contributed by atoms with van der Waals surface area (Å²) in [5.74, 6) is 0.661. The lowest BCUT2D eigenvalue weighted by molar-refractivity contribution is 0.337. The Bertz CT molecular complexity index is 298. The first-order valence-corrected chi connectivity index (χ1v) is 5.54. The Morgan fingerprint density at radius 3 is 2.47 bits per heavy atom. The fourth-order valence-corrected chi connectivity index (χ4v) is 1.50. The number of rotatable bonds is 5. The monoisotopic (exact) mass is 204 g/mol. The third kappa shape index (κ3) is 3.78. The molecule has 0 saturated carbocycles. The normalized spacial score (nSPS) is 13.0. The molecule has 0 aromatic heterocycles. The smallest absolute Gasteiger partial charge is 0.0788 e. The first-order valence-electron chi connectivity index (χ1n) is 5.54. The van der Waals surface area contributed by atoms with Crippen molar-refractivity contribution in [3.8, 4) is 0 Å². The largest absolute Gasteiger partial charge is 0.505 e. The van der Waals surface area contributed by atoms with E-state index in [1.54, 1.807) is 13.4 Å². The van der Waals surface area contributed by atoms with Gasteiger partial charge in [-0.2, -0.15) is 0 Å². The second kappa shape index (κ2) is 6.28. The molecular weight excluding hydrogens is 184 g/mol. The zero-order valence-corrected chi connectivity index (χ0v) is 9.86. The Balaban J connectivity index is 2.60. The maximum absolute atomic E-state index is 4.86. The van der Waals surface area contributed by atoms with E-state index >= 15 is 0 Å². The van der Waals surface area contributed by atoms with Crippen LogP contribution in [0.2, 0.25) is 0 Å². The van der Waals surface area contributed by atoms with Crippen LogP contribution in [0.15, 0.2) is 36.6 Å². The van der Waals surface area contributed by atoms with Gasteiger partial charge < -0.3 is 4.74 Å². The van der Waals surface area contributed by atoms with Gasteiger partial charge in [0.2, 0.25) is 0 Å². The molecule has 0 spiro atoms. The Morgan fingerprint density at radius 2 is 1.93 bits per heavy atom. The van der Waals surface area contributed by atoms with Crippen LogP contribution < -0.4 is 0 Å². The summed E-state index contributed by atoms with van der Waals surface area (Å²) in [5, 5.41) is 0. The van der Waals surface area contributed by atoms with Gasteiger partial charge in [-0.05, 0) is 36.0 Å². The van der Waals surface area contributed by atoms with E-state index in [9.17, 15) is 0 Å². The molecule has 1 nitrogen and oxygen atoms in total. The first-order chi connectivity index (χ1) is 7.27. The lowest BCUT2D eigenvalue weighted by Gasteiger charge is -2.08. The predicted molar refractivity (Wildman–Crippen MR) is 65.0 cm³/mol. The van der Waals surface area contributed by atoms with Crippen LogP contribution in [0.25, 0.3) is 0 Å². The Hall–Kier alpha value is -1.24. The zero-order chi connectivity index (χ0) is 11.1. The van der Waals surface area contributed by atoms with Crippen molar-refractivity contribution < 1.29 is 4.74 Å². The maximum atomic E-state index is 4.86. The number of hydrogen-bond acceptors (Lipinski definition) is 1. The van der Waals surface area contributed by atoms with Crippen LogP contribution in [-0.4, -0.2) is 7.11 Å². The van der Waals surface area contributed by atoms with Crippen LogP contribution in [0.5, 0.6) is 0 Å². The predicted octanol–water partition coefficient (Wildman–Crippen LogP) is 3.90. The first kappa shape index (κ1) is 11.8. The quantitative estimate of drug-likeness (QED) is 0.661. The molecule has 0 radical (unpaired) electrons. The van der Waals surface area contributed by atoms with E-state index in [0.29, 0.717) is 5.92 Å². The van der Waals surface area contributed by atoms with Crippen molar-refractivity contribution in [2.24, 2.45) is 0 Å². The molecule has 0 fully saturated rings. The SMILES string of the molecule is CCC(C)c1ccc(C/C=C/OC)cc1. The standard InChI is InChI=1S/C14H20O/c1-4-12(2)14-9-7-13(8-10-14)6-5-11-15-3/h5,7-12H,4,6H2,1-3H3/b11-5+. The molecule has 1 aromatic carbocycles. The molecule has 0 bridgehead atoms. The van der Waals surface area contributed by atoms with Crippen molar-refractivity contribution in [3.63, 3.8) is 0 Å². The van der Waals surface area contributed by atoms with Crippen LogP contribution in [0.3, 0.4) is 0 Å². The molecule has 0 amide bonds. The van der Waals surface area contributed by atoms with Crippen molar-refractivity contribution in [1.82, 2.24) is 0 Å². The lowest BCUT2D eigenvalue weighted by Crippen LogP contribution is -1.91. The molecule has 0 aliphatic carbocycles. The van der Waals surface area contributed by atoms with E-state index < -0.39 is 0 Å². The molecule has 0 N–H and O–H groups in total. The second-order valence-corrected chi connectivity index (χ2v) is 3.86. The van der Waals surface area contributed by atoms with Crippen molar-refractivity contribution in [2.75, 3.05) is 7.11 Å². The van der Waals surface area contributed by atoms with Crippen molar-refractivity contribution in [2.45, 2.75) is 32.6 Å². The highest BCUT2D eigenvalue weighted by Crippen LogP contribution is 2.18. The molecule has 0 heterocycles. The minimum atomic E-state index is 0.661. The van der Waals surface area contributed by atoms with Crippen LogP contribution in [0, 0.1) is 0 Å². The molecule has 15 heavy (non-hydrogen) atoms. The van der Waals surface area contributed by atoms with Crippen molar-refractivity contribution >= 4 is 0 Å². The minimum absolute atomic E-state index is 0.661. The van der Waals surface area contributed by atoms with Gasteiger partial charge in [0.25, 0.3) is 0 Å². The molecule has 1 aromatic rings. The third-order valence-corrected chi connectivity index (χ3v) is 2.75. The average Bonchev–Trinajstić information content (AvgIpc) is 2.29. The van der Waals surface area contributed by atoms with Gasteiger partial charge >= 0.3 is 0 Å². The fourth-order valence-electron chi connectivity index (χ4n) is 1.50. The third-order valence-electron chi connectivity index (χ3n) is 2.75. The Morgan fingerprint density at radius 1 is 1.27 bits per heavy atom. The van der Waals surface area contributed by atoms with Crippen LogP contribution in [0.4, 0.5) is 0 Å². The summed E-state index contributed by atoms with van der Waals surface area (Å²) in [6, 6.07) is 8.84. The molecular formula is C14H20O. The fraction of sp³-hybridized carbons (Fsp3) is 0.429. The molecule has 1 unspecified atom stereocenters. The van der Waals surface area contributed by atoms with E-state index in [1.807, 2.05) is 6.08 Å². The van der Waals surface area contributed by atoms with E-state index in [0.717, 1.165) is 6.42 Å². The van der Waals surface area contributed by atoms with Gasteiger partial charge in [-0.1, -0.05) is 38.1 Å². The summed E-state index contributed by atoms with van der Waals surface area (Å²) >= 11 is 0. The highest BCUT2D eigenvalue weighted by molar-refractivity contribution is 5.26. The van der Waals surface area contributed by atoms with E-state index in [-0.39, 0.29) is 0 Å². The summed E-state index contributed by atoms with van der Waals surface area (Å²) in [7, 11) is 1.67. The summed E-state index contributed by atoms with van der Waals surface area (Å²) in [6.07, 6.45) is 5.89. The van der Waals surface area contributed by atoms with E-state index in [2.05, 4.69) is 38.1 Å². The van der Waals surface area contributed by atoms with E-state index in [4.69, 9.17) is 4.74 Å². The number of ether oxygens (including phenoxy) is 1. The number of benzene rings is 1. The lowest BCUT2D eigenvalue weighted by atomic mass is 9.97. The van der Waals surface area contributed by atoms with Gasteiger partial charge in [0.15, 0.2) is 0 Å². The summed E-state index contributed by atoms with van der Waals surface area (Å²) in [5.41, 5.74) is 2.76. The van der Waals surface area contributed by atoms with E-state index in [1.165, 1.54) is 17.5 Å². The molecule has 1 heteroatoms. The van der Waals surface area contributed by atoms with Gasteiger partial charge in [0.05, 0.1) is 13.4 Å². The van der Waals surface area contributed by atoms with Gasteiger partial charge in [-0.15, -0.1) is 0 Å². The molecule has 0 aliphatic heterocycles. The number of methoxy groups -OCH3 is 1. The molecule has 82 valence electrons. The molecule has 0 saturated heterocycles. The summed E-state index contributed by atoms with van der Waals surface area (Å²) in [4.78, 5) is 0.